The van der Waals surface area contributed by atoms with Crippen molar-refractivity contribution in [2.75, 3.05) is 6.61 Å². The van der Waals surface area contributed by atoms with Gasteiger partial charge in [-0.05, 0) is 18.2 Å². The summed E-state index contributed by atoms with van der Waals surface area (Å²) in [4.78, 5) is 0. The summed E-state index contributed by atoms with van der Waals surface area (Å²) in [6, 6.07) is 0.947. The van der Waals surface area contributed by atoms with Crippen LogP contribution < -0.4 is 10.5 Å². The number of hydrogen-bond acceptors (Lipinski definition) is 2. The van der Waals surface area contributed by atoms with Crippen LogP contribution in [0.25, 0.3) is 0 Å². The standard InChI is InChI=1S/C11H10F6N2O/c12-10(13,14)6-3-7(11(15,16)17)5-8(4-6)20-2-1-9(18)19/h3-5H,1-2H2,(H3,18,19). The number of hydrogen-bond donors (Lipinski definition) is 2. The Kier molecular flexibility index (Phi) is 4.51. The SMILES string of the molecule is N=C(N)CCOc1cc(C(F)(F)F)cc(C(F)(F)F)c1. The van der Waals surface area contributed by atoms with Crippen molar-refractivity contribution < 1.29 is 31.1 Å². The molecule has 0 unspecified atom stereocenters. The van der Waals surface area contributed by atoms with Crippen molar-refractivity contribution in [2.45, 2.75) is 18.8 Å². The molecule has 0 fully saturated rings. The zero-order valence-corrected chi connectivity index (χ0v) is 9.90. The van der Waals surface area contributed by atoms with E-state index in [1.165, 1.54) is 0 Å². The van der Waals surface area contributed by atoms with Crippen molar-refractivity contribution in [3.8, 4) is 5.75 Å². The lowest BCUT2D eigenvalue weighted by Gasteiger charge is -2.14. The van der Waals surface area contributed by atoms with Crippen LogP contribution in [0.4, 0.5) is 26.3 Å². The fourth-order valence-corrected chi connectivity index (χ4v) is 1.29. The minimum absolute atomic E-state index is 0.0117. The fourth-order valence-electron chi connectivity index (χ4n) is 1.29. The zero-order chi connectivity index (χ0) is 15.6. The molecule has 1 aromatic carbocycles. The molecule has 1 rings (SSSR count). The Balaban J connectivity index is 3.08. The van der Waals surface area contributed by atoms with Gasteiger partial charge >= 0.3 is 12.4 Å². The third kappa shape index (κ3) is 4.63. The van der Waals surface area contributed by atoms with Crippen molar-refractivity contribution in [1.82, 2.24) is 0 Å². The van der Waals surface area contributed by atoms with E-state index in [2.05, 4.69) is 0 Å². The van der Waals surface area contributed by atoms with Gasteiger partial charge in [-0.2, -0.15) is 26.3 Å². The lowest BCUT2D eigenvalue weighted by atomic mass is 10.1. The third-order valence-corrected chi connectivity index (χ3v) is 2.20. The van der Waals surface area contributed by atoms with Crippen LogP contribution in [0.3, 0.4) is 0 Å². The maximum atomic E-state index is 12.5. The predicted octanol–water partition coefficient (Wildman–Crippen LogP) is 3.43. The number of ether oxygens (including phenoxy) is 1. The molecular weight excluding hydrogens is 290 g/mol. The van der Waals surface area contributed by atoms with Crippen LogP contribution in [-0.4, -0.2) is 12.4 Å². The van der Waals surface area contributed by atoms with E-state index in [0.29, 0.717) is 12.1 Å². The van der Waals surface area contributed by atoms with Gasteiger partial charge in [-0.1, -0.05) is 0 Å². The van der Waals surface area contributed by atoms with E-state index in [-0.39, 0.29) is 24.9 Å². The zero-order valence-electron chi connectivity index (χ0n) is 9.90. The van der Waals surface area contributed by atoms with Gasteiger partial charge in [0.1, 0.15) is 5.75 Å². The molecule has 20 heavy (non-hydrogen) atoms. The van der Waals surface area contributed by atoms with Crippen LogP contribution in [-0.2, 0) is 12.4 Å². The van der Waals surface area contributed by atoms with E-state index < -0.39 is 29.2 Å². The van der Waals surface area contributed by atoms with Gasteiger partial charge in [0.15, 0.2) is 0 Å². The van der Waals surface area contributed by atoms with E-state index >= 15 is 0 Å². The molecule has 0 spiro atoms. The highest BCUT2D eigenvalue weighted by Gasteiger charge is 2.37. The van der Waals surface area contributed by atoms with Crippen molar-refractivity contribution >= 4 is 5.84 Å². The molecule has 0 bridgehead atoms. The summed E-state index contributed by atoms with van der Waals surface area (Å²) in [6.45, 7) is -0.284. The summed E-state index contributed by atoms with van der Waals surface area (Å²) in [7, 11) is 0. The Morgan fingerprint density at radius 3 is 1.80 bits per heavy atom. The molecule has 0 aliphatic heterocycles. The Morgan fingerprint density at radius 1 is 1.00 bits per heavy atom. The lowest BCUT2D eigenvalue weighted by molar-refractivity contribution is -0.143. The highest BCUT2D eigenvalue weighted by molar-refractivity contribution is 5.76. The van der Waals surface area contributed by atoms with E-state index in [0.717, 1.165) is 0 Å². The quantitative estimate of drug-likeness (QED) is 0.508. The summed E-state index contributed by atoms with van der Waals surface area (Å²) in [5.74, 6) is -0.860. The summed E-state index contributed by atoms with van der Waals surface area (Å²) < 4.78 is 79.8. The first-order valence-electron chi connectivity index (χ1n) is 5.25. The Hall–Kier alpha value is -1.93. The summed E-state index contributed by atoms with van der Waals surface area (Å²) in [5.41, 5.74) is 2.09. The van der Waals surface area contributed by atoms with E-state index in [4.69, 9.17) is 15.9 Å². The van der Waals surface area contributed by atoms with Gasteiger partial charge in [-0.15, -0.1) is 0 Å². The molecule has 0 atom stereocenters. The third-order valence-electron chi connectivity index (χ3n) is 2.20. The minimum Gasteiger partial charge on any atom is -0.493 e. The van der Waals surface area contributed by atoms with Crippen molar-refractivity contribution in [3.63, 3.8) is 0 Å². The predicted molar refractivity (Wildman–Crippen MR) is 58.5 cm³/mol. The molecule has 0 aliphatic rings. The maximum Gasteiger partial charge on any atom is 0.416 e. The first kappa shape index (κ1) is 16.1. The van der Waals surface area contributed by atoms with Gasteiger partial charge in [0.2, 0.25) is 0 Å². The number of nitrogens with one attached hydrogen (secondary N) is 1. The molecule has 0 amide bonds. The largest absolute Gasteiger partial charge is 0.493 e. The second kappa shape index (κ2) is 5.59. The summed E-state index contributed by atoms with van der Waals surface area (Å²) >= 11 is 0. The van der Waals surface area contributed by atoms with Gasteiger partial charge in [-0.3, -0.25) is 5.41 Å². The summed E-state index contributed by atoms with van der Waals surface area (Å²) in [6.07, 6.45) is -9.93. The number of halogens is 6. The molecule has 3 N–H and O–H groups in total. The van der Waals surface area contributed by atoms with Gasteiger partial charge in [0.05, 0.1) is 23.6 Å². The molecule has 0 aliphatic carbocycles. The Labute approximate surface area is 109 Å². The molecule has 0 aromatic heterocycles. The van der Waals surface area contributed by atoms with Crippen LogP contribution in [0.2, 0.25) is 0 Å². The number of alkyl halides is 6. The maximum absolute atomic E-state index is 12.5. The molecule has 0 heterocycles. The van der Waals surface area contributed by atoms with Crippen LogP contribution >= 0.6 is 0 Å². The van der Waals surface area contributed by atoms with Crippen molar-refractivity contribution in [2.24, 2.45) is 5.73 Å². The topological polar surface area (TPSA) is 59.1 Å². The van der Waals surface area contributed by atoms with Gasteiger partial charge in [-0.25, -0.2) is 0 Å². The minimum atomic E-state index is -4.92. The number of nitrogens with two attached hydrogens (primary N) is 1. The summed E-state index contributed by atoms with van der Waals surface area (Å²) in [5, 5.41) is 6.88. The normalized spacial score (nSPS) is 12.3. The molecule has 112 valence electrons. The molecule has 0 saturated heterocycles. The Morgan fingerprint density at radius 2 is 1.45 bits per heavy atom. The van der Waals surface area contributed by atoms with E-state index in [1.807, 2.05) is 0 Å². The molecule has 0 radical (unpaired) electrons. The second-order valence-corrected chi connectivity index (χ2v) is 3.87. The molecule has 1 aromatic rings. The second-order valence-electron chi connectivity index (χ2n) is 3.87. The first-order chi connectivity index (χ1) is 9.00. The molecular formula is C11H10F6N2O. The van der Waals surface area contributed by atoms with Gasteiger partial charge in [0, 0.05) is 6.42 Å². The van der Waals surface area contributed by atoms with Crippen LogP contribution in [0.1, 0.15) is 17.5 Å². The van der Waals surface area contributed by atoms with Crippen molar-refractivity contribution in [1.29, 1.82) is 5.41 Å². The smallest absolute Gasteiger partial charge is 0.416 e. The van der Waals surface area contributed by atoms with Crippen molar-refractivity contribution in [3.05, 3.63) is 29.3 Å². The van der Waals surface area contributed by atoms with Crippen LogP contribution in [0.15, 0.2) is 18.2 Å². The number of amidine groups is 1. The average Bonchev–Trinajstić information content (AvgIpc) is 2.25. The molecule has 0 saturated carbocycles. The highest BCUT2D eigenvalue weighted by Crippen LogP contribution is 2.38. The van der Waals surface area contributed by atoms with Gasteiger partial charge < -0.3 is 10.5 Å². The van der Waals surface area contributed by atoms with Crippen LogP contribution in [0, 0.1) is 5.41 Å². The van der Waals surface area contributed by atoms with E-state index in [1.54, 1.807) is 0 Å². The first-order valence-corrected chi connectivity index (χ1v) is 5.25. The number of rotatable bonds is 4. The van der Waals surface area contributed by atoms with E-state index in [9.17, 15) is 26.3 Å². The average molecular weight is 300 g/mol. The highest BCUT2D eigenvalue weighted by atomic mass is 19.4. The lowest BCUT2D eigenvalue weighted by Crippen LogP contribution is -2.15. The molecule has 3 nitrogen and oxygen atoms in total. The molecule has 9 heteroatoms. The van der Waals surface area contributed by atoms with Gasteiger partial charge in [0.25, 0.3) is 0 Å². The van der Waals surface area contributed by atoms with Crippen LogP contribution in [0.5, 0.6) is 5.75 Å². The Bertz CT molecular complexity index is 462. The monoisotopic (exact) mass is 300 g/mol. The number of benzene rings is 1. The fraction of sp³-hybridized carbons (Fsp3) is 0.364.